The molecule has 0 spiro atoms. The van der Waals surface area contributed by atoms with E-state index in [1.807, 2.05) is 6.07 Å². The lowest BCUT2D eigenvalue weighted by molar-refractivity contribution is -0.0594. The van der Waals surface area contributed by atoms with Gasteiger partial charge in [-0.15, -0.1) is 0 Å². The van der Waals surface area contributed by atoms with Crippen molar-refractivity contribution in [2.75, 3.05) is 0 Å². The third-order valence-corrected chi connectivity index (χ3v) is 6.63. The van der Waals surface area contributed by atoms with Crippen molar-refractivity contribution in [1.82, 2.24) is 4.90 Å². The zero-order valence-corrected chi connectivity index (χ0v) is 16.2. The average molecular weight is 370 g/mol. The number of piperidine rings is 1. The maximum Gasteiger partial charge on any atom is 0.0926 e. The molecular weight excluding hydrogens is 342 g/mol. The quantitative estimate of drug-likeness (QED) is 0.668. The van der Waals surface area contributed by atoms with Crippen LogP contribution in [0.15, 0.2) is 84.9 Å². The lowest BCUT2D eigenvalue weighted by Gasteiger charge is -2.44. The van der Waals surface area contributed by atoms with Crippen LogP contribution in [0.1, 0.15) is 36.8 Å². The highest BCUT2D eigenvalue weighted by Gasteiger charge is 2.48. The van der Waals surface area contributed by atoms with E-state index in [1.54, 1.807) is 0 Å². The van der Waals surface area contributed by atoms with Gasteiger partial charge in [0.2, 0.25) is 0 Å². The lowest BCUT2D eigenvalue weighted by atomic mass is 9.79. The summed E-state index contributed by atoms with van der Waals surface area (Å²) in [5, 5.41) is 11.7. The SMILES string of the molecule is OC1(c2cccc(-c3ccccc3)c2)CC2CCC(C1)N2Cc1ccccc1. The molecule has 2 fully saturated rings. The summed E-state index contributed by atoms with van der Waals surface area (Å²) in [5.74, 6) is 0. The second kappa shape index (κ2) is 7.20. The van der Waals surface area contributed by atoms with E-state index in [4.69, 9.17) is 0 Å². The van der Waals surface area contributed by atoms with E-state index in [0.717, 1.165) is 24.9 Å². The molecular formula is C26H27NO. The Kier molecular flexibility index (Phi) is 4.54. The Balaban J connectivity index is 1.39. The van der Waals surface area contributed by atoms with Crippen LogP contribution in [0, 0.1) is 0 Å². The second-order valence-electron chi connectivity index (χ2n) is 8.43. The predicted octanol–water partition coefficient (Wildman–Crippen LogP) is 5.37. The van der Waals surface area contributed by atoms with Gasteiger partial charge in [0.05, 0.1) is 5.60 Å². The first-order valence-electron chi connectivity index (χ1n) is 10.4. The maximum absolute atomic E-state index is 11.7. The topological polar surface area (TPSA) is 23.5 Å². The largest absolute Gasteiger partial charge is 0.385 e. The maximum atomic E-state index is 11.7. The van der Waals surface area contributed by atoms with Crippen molar-refractivity contribution < 1.29 is 5.11 Å². The Bertz CT molecular complexity index is 923. The summed E-state index contributed by atoms with van der Waals surface area (Å²) in [6, 6.07) is 30.6. The van der Waals surface area contributed by atoms with Gasteiger partial charge in [-0.3, -0.25) is 4.90 Å². The van der Waals surface area contributed by atoms with Crippen LogP contribution >= 0.6 is 0 Å². The molecule has 28 heavy (non-hydrogen) atoms. The van der Waals surface area contributed by atoms with Crippen LogP contribution in [0.4, 0.5) is 0 Å². The van der Waals surface area contributed by atoms with Gasteiger partial charge in [0.25, 0.3) is 0 Å². The number of fused-ring (bicyclic) bond motifs is 2. The summed E-state index contributed by atoms with van der Waals surface area (Å²) < 4.78 is 0. The van der Waals surface area contributed by atoms with Gasteiger partial charge in [0.15, 0.2) is 0 Å². The molecule has 2 unspecified atom stereocenters. The highest BCUT2D eigenvalue weighted by molar-refractivity contribution is 5.64. The van der Waals surface area contributed by atoms with E-state index in [2.05, 4.69) is 83.8 Å². The number of aliphatic hydroxyl groups is 1. The Morgan fingerprint density at radius 3 is 2.04 bits per heavy atom. The molecule has 0 radical (unpaired) electrons. The zero-order valence-electron chi connectivity index (χ0n) is 16.2. The number of nitrogens with zero attached hydrogens (tertiary/aromatic N) is 1. The average Bonchev–Trinajstić information content (AvgIpc) is 2.99. The molecule has 0 amide bonds. The fourth-order valence-electron chi connectivity index (χ4n) is 5.22. The zero-order chi connectivity index (χ0) is 19.0. The second-order valence-corrected chi connectivity index (χ2v) is 8.43. The van der Waals surface area contributed by atoms with Gasteiger partial charge in [0, 0.05) is 18.6 Å². The van der Waals surface area contributed by atoms with Crippen LogP contribution in [0.3, 0.4) is 0 Å². The Hall–Kier alpha value is -2.42. The monoisotopic (exact) mass is 369 g/mol. The summed E-state index contributed by atoms with van der Waals surface area (Å²) in [5.41, 5.74) is 4.12. The number of benzene rings is 3. The molecule has 2 heteroatoms. The van der Waals surface area contributed by atoms with E-state index < -0.39 is 5.60 Å². The summed E-state index contributed by atoms with van der Waals surface area (Å²) in [7, 11) is 0. The van der Waals surface area contributed by atoms with Crippen LogP contribution in [-0.4, -0.2) is 22.1 Å². The minimum Gasteiger partial charge on any atom is -0.385 e. The molecule has 2 aliphatic heterocycles. The molecule has 5 rings (SSSR count). The highest BCUT2D eigenvalue weighted by atomic mass is 16.3. The molecule has 0 aromatic heterocycles. The number of hydrogen-bond acceptors (Lipinski definition) is 2. The first-order valence-corrected chi connectivity index (χ1v) is 10.4. The summed E-state index contributed by atoms with van der Waals surface area (Å²) in [6.07, 6.45) is 4.04. The smallest absolute Gasteiger partial charge is 0.0926 e. The van der Waals surface area contributed by atoms with E-state index in [9.17, 15) is 5.11 Å². The van der Waals surface area contributed by atoms with Crippen LogP contribution in [0.5, 0.6) is 0 Å². The molecule has 2 nitrogen and oxygen atoms in total. The van der Waals surface area contributed by atoms with Crippen LogP contribution in [0.25, 0.3) is 11.1 Å². The molecule has 2 saturated heterocycles. The number of hydrogen-bond donors (Lipinski definition) is 1. The molecule has 142 valence electrons. The summed E-state index contributed by atoms with van der Waals surface area (Å²) in [6.45, 7) is 0.996. The van der Waals surface area contributed by atoms with Crippen molar-refractivity contribution in [3.8, 4) is 11.1 Å². The van der Waals surface area contributed by atoms with E-state index >= 15 is 0 Å². The third-order valence-electron chi connectivity index (χ3n) is 6.63. The van der Waals surface area contributed by atoms with E-state index in [-0.39, 0.29) is 0 Å². The first kappa shape index (κ1) is 17.7. The standard InChI is InChI=1S/C26H27NO/c28-26(23-13-7-12-22(16-23)21-10-5-2-6-11-21)17-24-14-15-25(18-26)27(24)19-20-8-3-1-4-9-20/h1-13,16,24-25,28H,14-15,17-19H2. The normalized spacial score (nSPS) is 27.0. The van der Waals surface area contributed by atoms with Gasteiger partial charge in [-0.05, 0) is 54.0 Å². The Morgan fingerprint density at radius 2 is 1.36 bits per heavy atom. The van der Waals surface area contributed by atoms with Gasteiger partial charge in [0.1, 0.15) is 0 Å². The number of rotatable bonds is 4. The van der Waals surface area contributed by atoms with Crippen LogP contribution < -0.4 is 0 Å². The van der Waals surface area contributed by atoms with Crippen molar-refractivity contribution in [3.63, 3.8) is 0 Å². The molecule has 2 heterocycles. The third kappa shape index (κ3) is 3.28. The van der Waals surface area contributed by atoms with Gasteiger partial charge in [-0.2, -0.15) is 0 Å². The van der Waals surface area contributed by atoms with Crippen molar-refractivity contribution in [1.29, 1.82) is 0 Å². The molecule has 1 N–H and O–H groups in total. The predicted molar refractivity (Wildman–Crippen MR) is 114 cm³/mol. The van der Waals surface area contributed by atoms with E-state index in [1.165, 1.54) is 29.5 Å². The molecule has 0 aliphatic carbocycles. The fourth-order valence-corrected chi connectivity index (χ4v) is 5.22. The van der Waals surface area contributed by atoms with Gasteiger partial charge >= 0.3 is 0 Å². The van der Waals surface area contributed by atoms with E-state index in [0.29, 0.717) is 12.1 Å². The first-order chi connectivity index (χ1) is 13.7. The summed E-state index contributed by atoms with van der Waals surface area (Å²) >= 11 is 0. The minimum atomic E-state index is -0.718. The lowest BCUT2D eigenvalue weighted by Crippen LogP contribution is -2.49. The highest BCUT2D eigenvalue weighted by Crippen LogP contribution is 2.46. The Labute approximate surface area is 167 Å². The van der Waals surface area contributed by atoms with Crippen LogP contribution in [0.2, 0.25) is 0 Å². The fraction of sp³-hybridized carbons (Fsp3) is 0.308. The van der Waals surface area contributed by atoms with Crippen molar-refractivity contribution >= 4 is 0 Å². The van der Waals surface area contributed by atoms with Crippen molar-refractivity contribution in [2.24, 2.45) is 0 Å². The van der Waals surface area contributed by atoms with Crippen molar-refractivity contribution in [2.45, 2.75) is 49.9 Å². The van der Waals surface area contributed by atoms with Gasteiger partial charge in [-0.1, -0.05) is 78.9 Å². The summed E-state index contributed by atoms with van der Waals surface area (Å²) in [4.78, 5) is 2.63. The molecule has 2 aliphatic rings. The molecule has 3 aromatic rings. The minimum absolute atomic E-state index is 0.462. The van der Waals surface area contributed by atoms with Gasteiger partial charge in [-0.25, -0.2) is 0 Å². The molecule has 0 saturated carbocycles. The van der Waals surface area contributed by atoms with Crippen molar-refractivity contribution in [3.05, 3.63) is 96.1 Å². The molecule has 2 bridgehead atoms. The Morgan fingerprint density at radius 1 is 0.750 bits per heavy atom. The van der Waals surface area contributed by atoms with Crippen LogP contribution in [-0.2, 0) is 12.1 Å². The molecule has 3 aromatic carbocycles. The molecule has 2 atom stereocenters. The van der Waals surface area contributed by atoms with Gasteiger partial charge < -0.3 is 5.11 Å².